The topological polar surface area (TPSA) is 104 Å². The molecular weight excluding hydrogens is 472 g/mol. The molecule has 5 heterocycles. The van der Waals surface area contributed by atoms with Crippen molar-refractivity contribution >= 4 is 34.2 Å². The number of piperidine rings is 1. The van der Waals surface area contributed by atoms with Gasteiger partial charge >= 0.3 is 0 Å². The van der Waals surface area contributed by atoms with Crippen LogP contribution in [-0.4, -0.2) is 58.2 Å². The molecule has 0 radical (unpaired) electrons. The fraction of sp³-hybridized carbons (Fsp3) is 0.667. The van der Waals surface area contributed by atoms with E-state index < -0.39 is 10.8 Å². The average Bonchev–Trinajstić information content (AvgIpc) is 3.47. The second kappa shape index (κ2) is 7.58. The molecule has 10 heteroatoms. The minimum Gasteiger partial charge on any atom is -0.394 e. The first kappa shape index (κ1) is 21.4. The molecule has 8 nitrogen and oxygen atoms in total. The maximum atomic E-state index is 13.4. The van der Waals surface area contributed by atoms with E-state index in [0.717, 1.165) is 86.6 Å². The van der Waals surface area contributed by atoms with Crippen LogP contribution >= 0.6 is 11.6 Å². The van der Waals surface area contributed by atoms with Crippen LogP contribution in [-0.2, 0) is 17.2 Å². The quantitative estimate of drug-likeness (QED) is 0.644. The van der Waals surface area contributed by atoms with Crippen LogP contribution in [0.5, 0.6) is 0 Å². The summed E-state index contributed by atoms with van der Waals surface area (Å²) in [5.41, 5.74) is 0.596. The van der Waals surface area contributed by atoms with Crippen LogP contribution < -0.4 is 10.2 Å². The highest BCUT2D eigenvalue weighted by molar-refractivity contribution is 7.87. The number of nitrogens with one attached hydrogen (secondary N) is 1. The van der Waals surface area contributed by atoms with Gasteiger partial charge in [0.25, 0.3) is 0 Å². The van der Waals surface area contributed by atoms with Crippen molar-refractivity contribution in [3.63, 3.8) is 0 Å². The van der Waals surface area contributed by atoms with Gasteiger partial charge < -0.3 is 15.3 Å². The van der Waals surface area contributed by atoms with Crippen molar-refractivity contribution < 1.29 is 9.32 Å². The van der Waals surface area contributed by atoms with Crippen LogP contribution in [0.3, 0.4) is 0 Å². The summed E-state index contributed by atoms with van der Waals surface area (Å²) in [5, 5.41) is 14.2. The van der Waals surface area contributed by atoms with Gasteiger partial charge in [-0.1, -0.05) is 11.6 Å². The highest BCUT2D eigenvalue weighted by Gasteiger charge is 2.56. The van der Waals surface area contributed by atoms with Crippen LogP contribution in [0.4, 0.5) is 11.8 Å². The first-order chi connectivity index (χ1) is 16.5. The Hall–Kier alpha value is -1.84. The number of anilines is 2. The van der Waals surface area contributed by atoms with E-state index in [4.69, 9.17) is 21.6 Å². The number of hydrogen-bond donors (Lipinski definition) is 2. The molecule has 2 N–H and O–H groups in total. The molecule has 2 aromatic heterocycles. The molecule has 2 aromatic rings. The Morgan fingerprint density at radius 3 is 2.41 bits per heavy atom. The Bertz CT molecular complexity index is 1150. The van der Waals surface area contributed by atoms with E-state index >= 15 is 0 Å². The van der Waals surface area contributed by atoms with Gasteiger partial charge in [-0.25, -0.2) is 15.0 Å². The van der Waals surface area contributed by atoms with Gasteiger partial charge in [-0.15, -0.1) is 0 Å². The lowest BCUT2D eigenvalue weighted by Gasteiger charge is -2.42. The van der Waals surface area contributed by atoms with Gasteiger partial charge in [-0.05, 0) is 57.8 Å². The average molecular weight is 501 g/mol. The van der Waals surface area contributed by atoms with Gasteiger partial charge in [0.1, 0.15) is 16.5 Å². The zero-order valence-electron chi connectivity index (χ0n) is 19.0. The van der Waals surface area contributed by atoms with Crippen molar-refractivity contribution in [1.29, 1.82) is 0 Å². The SMILES string of the molecule is O=[S@]1c2c(nc(N3C4CCC3CC(c3ncc(Cl)cn3)C4)nc2NC2(CO)CCC2)CC12CC2. The largest absolute Gasteiger partial charge is 0.394 e. The summed E-state index contributed by atoms with van der Waals surface area (Å²) >= 11 is 6.00. The van der Waals surface area contributed by atoms with E-state index in [1.807, 2.05) is 0 Å². The maximum absolute atomic E-state index is 13.4. The van der Waals surface area contributed by atoms with E-state index in [9.17, 15) is 9.32 Å². The lowest BCUT2D eigenvalue weighted by molar-refractivity contribution is 0.143. The lowest BCUT2D eigenvalue weighted by atomic mass is 9.77. The smallest absolute Gasteiger partial charge is 0.228 e. The van der Waals surface area contributed by atoms with Crippen LogP contribution in [0.2, 0.25) is 5.02 Å². The van der Waals surface area contributed by atoms with Crippen molar-refractivity contribution in [2.75, 3.05) is 16.8 Å². The van der Waals surface area contributed by atoms with Crippen molar-refractivity contribution in [3.8, 4) is 0 Å². The lowest BCUT2D eigenvalue weighted by Crippen LogP contribution is -2.49. The van der Waals surface area contributed by atoms with Crippen LogP contribution in [0, 0.1) is 0 Å². The van der Waals surface area contributed by atoms with E-state index in [2.05, 4.69) is 20.2 Å². The fourth-order valence-corrected chi connectivity index (χ4v) is 8.39. The van der Waals surface area contributed by atoms with Gasteiger partial charge in [0.05, 0.1) is 38.4 Å². The van der Waals surface area contributed by atoms with Crippen LogP contribution in [0.1, 0.15) is 75.2 Å². The molecule has 180 valence electrons. The molecule has 3 aliphatic heterocycles. The van der Waals surface area contributed by atoms with Gasteiger partial charge in [0.2, 0.25) is 5.95 Å². The number of hydrogen-bond acceptors (Lipinski definition) is 8. The Morgan fingerprint density at radius 2 is 1.82 bits per heavy atom. The highest BCUT2D eigenvalue weighted by Crippen LogP contribution is 2.54. The molecule has 5 aliphatic rings. The highest BCUT2D eigenvalue weighted by atomic mass is 35.5. The second-order valence-corrected chi connectivity index (χ2v) is 13.2. The summed E-state index contributed by atoms with van der Waals surface area (Å²) in [6, 6.07) is 0.678. The number of nitrogens with zero attached hydrogens (tertiary/aromatic N) is 5. The molecule has 2 saturated heterocycles. The first-order valence-electron chi connectivity index (χ1n) is 12.5. The number of aromatic nitrogens is 4. The van der Waals surface area contributed by atoms with Crippen LogP contribution in [0.25, 0.3) is 0 Å². The van der Waals surface area contributed by atoms with Gasteiger partial charge in [0, 0.05) is 36.8 Å². The fourth-order valence-electron chi connectivity index (χ4n) is 6.51. The summed E-state index contributed by atoms with van der Waals surface area (Å²) in [4.78, 5) is 22.3. The first-order valence-corrected chi connectivity index (χ1v) is 14.0. The predicted octanol–water partition coefficient (Wildman–Crippen LogP) is 3.36. The zero-order valence-corrected chi connectivity index (χ0v) is 20.6. The molecule has 2 bridgehead atoms. The number of aliphatic hydroxyl groups is 1. The van der Waals surface area contributed by atoms with Gasteiger partial charge in [0.15, 0.2) is 0 Å². The van der Waals surface area contributed by atoms with Crippen molar-refractivity contribution in [2.24, 2.45) is 0 Å². The third-order valence-corrected chi connectivity index (χ3v) is 11.1. The monoisotopic (exact) mass is 500 g/mol. The zero-order chi connectivity index (χ0) is 23.1. The molecule has 2 unspecified atom stereocenters. The van der Waals surface area contributed by atoms with E-state index in [-0.39, 0.29) is 16.9 Å². The van der Waals surface area contributed by atoms with Crippen molar-refractivity contribution in [3.05, 3.63) is 28.9 Å². The molecule has 2 aliphatic carbocycles. The van der Waals surface area contributed by atoms with Crippen molar-refractivity contribution in [2.45, 2.75) is 97.4 Å². The molecule has 2 saturated carbocycles. The molecular formula is C24H29ClN6O2S. The van der Waals surface area contributed by atoms with E-state index in [1.54, 1.807) is 12.4 Å². The molecule has 7 rings (SSSR count). The molecule has 0 amide bonds. The Labute approximate surface area is 206 Å². The Kier molecular flexibility index (Phi) is 4.78. The summed E-state index contributed by atoms with van der Waals surface area (Å²) in [7, 11) is -1.09. The maximum Gasteiger partial charge on any atom is 0.228 e. The molecule has 0 aromatic carbocycles. The van der Waals surface area contributed by atoms with E-state index in [0.29, 0.717) is 28.8 Å². The van der Waals surface area contributed by atoms with E-state index in [1.165, 1.54) is 0 Å². The minimum atomic E-state index is -1.09. The normalized spacial score (nSPS) is 31.9. The second-order valence-electron chi connectivity index (χ2n) is 10.9. The molecule has 3 atom stereocenters. The predicted molar refractivity (Wildman–Crippen MR) is 130 cm³/mol. The molecule has 1 spiro atoms. The number of halogens is 1. The number of aliphatic hydroxyl groups excluding tert-OH is 1. The summed E-state index contributed by atoms with van der Waals surface area (Å²) < 4.78 is 13.3. The summed E-state index contributed by atoms with van der Waals surface area (Å²) in [6.07, 6.45) is 13.2. The number of rotatable bonds is 5. The summed E-state index contributed by atoms with van der Waals surface area (Å²) in [6.45, 7) is 0.0661. The standard InChI is InChI=1S/C24H29ClN6O2S/c25-15-11-26-20(27-12-15)14-8-16-2-3-17(9-14)31(16)22-28-18-10-24(6-7-24)34(33)19(18)21(29-22)30-23(13-32)4-1-5-23/h11-12,14,16-17,32H,1-10,13H2,(H,28,29,30)/t14?,16?,17?,34-/m0/s1. The summed E-state index contributed by atoms with van der Waals surface area (Å²) in [5.74, 6) is 2.64. The van der Waals surface area contributed by atoms with Gasteiger partial charge in [-0.3, -0.25) is 4.21 Å². The Balaban J connectivity index is 1.23. The molecule has 4 fully saturated rings. The van der Waals surface area contributed by atoms with Gasteiger partial charge in [-0.2, -0.15) is 4.98 Å². The number of fused-ring (bicyclic) bond motifs is 3. The molecule has 34 heavy (non-hydrogen) atoms. The third-order valence-electron chi connectivity index (χ3n) is 8.77. The Morgan fingerprint density at radius 1 is 1.12 bits per heavy atom. The van der Waals surface area contributed by atoms with Crippen molar-refractivity contribution in [1.82, 2.24) is 19.9 Å². The van der Waals surface area contributed by atoms with Crippen LogP contribution in [0.15, 0.2) is 17.3 Å². The third kappa shape index (κ3) is 3.23. The minimum absolute atomic E-state index is 0.0661.